The zero-order valence-electron chi connectivity index (χ0n) is 19.9. The molecule has 0 aliphatic heterocycles. The molecule has 6 nitrogen and oxygen atoms in total. The Bertz CT molecular complexity index is 1330. The van der Waals surface area contributed by atoms with Crippen molar-refractivity contribution in [2.45, 2.75) is 31.8 Å². The molecule has 4 rings (SSSR count). The van der Waals surface area contributed by atoms with Crippen molar-refractivity contribution in [3.05, 3.63) is 101 Å². The molecule has 0 atom stereocenters. The van der Waals surface area contributed by atoms with Gasteiger partial charge in [-0.15, -0.1) is 10.2 Å². The van der Waals surface area contributed by atoms with Crippen molar-refractivity contribution in [3.8, 4) is 11.8 Å². The Labute approximate surface area is 210 Å². The lowest BCUT2D eigenvalue weighted by Crippen LogP contribution is -2.33. The van der Waals surface area contributed by atoms with E-state index in [0.29, 0.717) is 18.1 Å². The Morgan fingerprint density at radius 1 is 1.00 bits per heavy atom. The Hall–Kier alpha value is -3.89. The first kappa shape index (κ1) is 24.2. The molecule has 3 aromatic carbocycles. The molecule has 0 aliphatic carbocycles. The lowest BCUT2D eigenvalue weighted by atomic mass is 10.1. The van der Waals surface area contributed by atoms with Crippen molar-refractivity contribution in [2.24, 2.45) is 0 Å². The number of hydrogen-bond acceptors (Lipinski definition) is 5. The zero-order valence-corrected chi connectivity index (χ0v) is 20.7. The fraction of sp³-hybridized carbons (Fsp3) is 0.214. The predicted molar refractivity (Wildman–Crippen MR) is 140 cm³/mol. The summed E-state index contributed by atoms with van der Waals surface area (Å²) >= 11 is 1.37. The first-order valence-corrected chi connectivity index (χ1v) is 12.5. The lowest BCUT2D eigenvalue weighted by Gasteiger charge is -2.21. The van der Waals surface area contributed by atoms with Gasteiger partial charge in [-0.25, -0.2) is 0 Å². The Morgan fingerprint density at radius 2 is 1.71 bits per heavy atom. The average molecular weight is 482 g/mol. The summed E-state index contributed by atoms with van der Waals surface area (Å²) in [6, 6.07) is 28.1. The van der Waals surface area contributed by atoms with Crippen LogP contribution in [0, 0.1) is 25.2 Å². The third-order valence-corrected chi connectivity index (χ3v) is 6.55. The third kappa shape index (κ3) is 5.97. The molecule has 0 N–H and O–H groups in total. The smallest absolute Gasteiger partial charge is 0.237 e. The molecule has 1 aromatic heterocycles. The summed E-state index contributed by atoms with van der Waals surface area (Å²) in [5.74, 6) is 0.938. The van der Waals surface area contributed by atoms with Crippen LogP contribution in [0.25, 0.3) is 5.69 Å². The Balaban J connectivity index is 1.62. The van der Waals surface area contributed by atoms with Gasteiger partial charge in [-0.3, -0.25) is 9.36 Å². The van der Waals surface area contributed by atoms with Gasteiger partial charge in [0.1, 0.15) is 5.82 Å². The van der Waals surface area contributed by atoms with Crippen molar-refractivity contribution in [1.82, 2.24) is 14.8 Å². The largest absolute Gasteiger partial charge is 0.311 e. The molecule has 0 radical (unpaired) electrons. The summed E-state index contributed by atoms with van der Waals surface area (Å²) in [6.07, 6.45) is 0.902. The minimum absolute atomic E-state index is 0.0729. The van der Waals surface area contributed by atoms with Gasteiger partial charge in [0.2, 0.25) is 5.91 Å². The topological polar surface area (TPSA) is 74.8 Å². The third-order valence-electron chi connectivity index (χ3n) is 5.64. The molecule has 1 heterocycles. The highest BCUT2D eigenvalue weighted by molar-refractivity contribution is 7.99. The van der Waals surface area contributed by atoms with Gasteiger partial charge in [0.25, 0.3) is 0 Å². The highest BCUT2D eigenvalue weighted by Gasteiger charge is 2.20. The molecule has 0 fully saturated rings. The van der Waals surface area contributed by atoms with Gasteiger partial charge < -0.3 is 4.90 Å². The number of carbonyl (C=O) groups excluding carboxylic acids is 1. The second kappa shape index (κ2) is 11.5. The molecule has 35 heavy (non-hydrogen) atoms. The van der Waals surface area contributed by atoms with Crippen LogP contribution in [0.3, 0.4) is 0 Å². The number of aromatic nitrogens is 3. The number of anilines is 1. The maximum Gasteiger partial charge on any atom is 0.237 e. The van der Waals surface area contributed by atoms with E-state index in [2.05, 4.69) is 65.0 Å². The van der Waals surface area contributed by atoms with Crippen LogP contribution in [0.4, 0.5) is 5.69 Å². The van der Waals surface area contributed by atoms with Gasteiger partial charge in [-0.2, -0.15) is 5.26 Å². The highest BCUT2D eigenvalue weighted by atomic mass is 32.2. The van der Waals surface area contributed by atoms with Crippen molar-refractivity contribution >= 4 is 23.4 Å². The maximum atomic E-state index is 13.2. The number of nitrogens with zero attached hydrogens (tertiary/aromatic N) is 5. The van der Waals surface area contributed by atoms with E-state index in [0.717, 1.165) is 28.3 Å². The summed E-state index contributed by atoms with van der Waals surface area (Å²) in [6.45, 7) is 4.50. The van der Waals surface area contributed by atoms with E-state index in [1.54, 1.807) is 4.90 Å². The van der Waals surface area contributed by atoms with Gasteiger partial charge in [0.15, 0.2) is 5.16 Å². The van der Waals surface area contributed by atoms with E-state index in [1.807, 2.05) is 48.5 Å². The SMILES string of the molecule is Cc1ccc(-n2c(Cc3ccccc3)nnc2SCC(=O)N(CCC#N)c2ccccc2)c(C)c1. The van der Waals surface area contributed by atoms with Crippen LogP contribution in [0.2, 0.25) is 0 Å². The molecule has 176 valence electrons. The number of thioether (sulfide) groups is 1. The molecule has 0 aliphatic rings. The van der Waals surface area contributed by atoms with E-state index in [1.165, 1.54) is 17.3 Å². The lowest BCUT2D eigenvalue weighted by molar-refractivity contribution is -0.116. The van der Waals surface area contributed by atoms with Crippen molar-refractivity contribution < 1.29 is 4.79 Å². The molecule has 0 saturated carbocycles. The van der Waals surface area contributed by atoms with Crippen LogP contribution in [0.1, 0.15) is 28.9 Å². The van der Waals surface area contributed by atoms with Crippen molar-refractivity contribution in [1.29, 1.82) is 5.26 Å². The van der Waals surface area contributed by atoms with E-state index in [-0.39, 0.29) is 18.1 Å². The second-order valence-corrected chi connectivity index (χ2v) is 9.21. The quantitative estimate of drug-likeness (QED) is 0.295. The van der Waals surface area contributed by atoms with Gasteiger partial charge >= 0.3 is 0 Å². The molecule has 7 heteroatoms. The number of amides is 1. The molecule has 0 bridgehead atoms. The molecule has 0 saturated heterocycles. The van der Waals surface area contributed by atoms with Gasteiger partial charge in [0, 0.05) is 18.7 Å². The summed E-state index contributed by atoms with van der Waals surface area (Å²) < 4.78 is 2.06. The van der Waals surface area contributed by atoms with Gasteiger partial charge in [-0.1, -0.05) is 78.0 Å². The normalized spacial score (nSPS) is 10.7. The summed E-state index contributed by atoms with van der Waals surface area (Å²) in [5, 5.41) is 18.7. The number of nitriles is 1. The summed E-state index contributed by atoms with van der Waals surface area (Å²) in [7, 11) is 0. The number of rotatable bonds is 9. The highest BCUT2D eigenvalue weighted by Crippen LogP contribution is 2.27. The number of carbonyl (C=O) groups is 1. The van der Waals surface area contributed by atoms with Crippen LogP contribution >= 0.6 is 11.8 Å². The zero-order chi connectivity index (χ0) is 24.6. The molecule has 0 spiro atoms. The molecular formula is C28H27N5OS. The second-order valence-electron chi connectivity index (χ2n) is 8.26. The number of benzene rings is 3. The van der Waals surface area contributed by atoms with Crippen molar-refractivity contribution in [2.75, 3.05) is 17.2 Å². The van der Waals surface area contributed by atoms with Crippen LogP contribution in [-0.2, 0) is 11.2 Å². The Kier molecular flexibility index (Phi) is 7.96. The van der Waals surface area contributed by atoms with Crippen LogP contribution < -0.4 is 4.90 Å². The first-order chi connectivity index (χ1) is 17.1. The molecule has 4 aromatic rings. The van der Waals surface area contributed by atoms with Gasteiger partial charge in [-0.05, 0) is 43.2 Å². The molecule has 0 unspecified atom stereocenters. The standard InChI is InChI=1S/C28H27N5OS/c1-21-14-15-25(22(2)18-21)33-26(19-23-10-5-3-6-11-23)30-31-28(33)35-20-27(34)32(17-9-16-29)24-12-7-4-8-13-24/h3-8,10-15,18H,9,17,19-20H2,1-2H3. The first-order valence-electron chi connectivity index (χ1n) is 11.5. The summed E-state index contributed by atoms with van der Waals surface area (Å²) in [4.78, 5) is 14.9. The van der Waals surface area contributed by atoms with E-state index in [9.17, 15) is 4.79 Å². The Morgan fingerprint density at radius 3 is 2.40 bits per heavy atom. The van der Waals surface area contributed by atoms with E-state index < -0.39 is 0 Å². The number of aryl methyl sites for hydroxylation is 2. The minimum atomic E-state index is -0.0729. The monoisotopic (exact) mass is 481 g/mol. The van der Waals surface area contributed by atoms with Crippen LogP contribution in [0.5, 0.6) is 0 Å². The fourth-order valence-electron chi connectivity index (χ4n) is 3.96. The van der Waals surface area contributed by atoms with Crippen LogP contribution in [-0.4, -0.2) is 33.0 Å². The van der Waals surface area contributed by atoms with Crippen LogP contribution in [0.15, 0.2) is 84.0 Å². The molecular weight excluding hydrogens is 454 g/mol. The summed E-state index contributed by atoms with van der Waals surface area (Å²) in [5.41, 5.74) is 5.24. The average Bonchev–Trinajstić information content (AvgIpc) is 3.26. The number of para-hydroxylation sites is 1. The number of hydrogen-bond donors (Lipinski definition) is 0. The van der Waals surface area contributed by atoms with Crippen molar-refractivity contribution in [3.63, 3.8) is 0 Å². The van der Waals surface area contributed by atoms with E-state index >= 15 is 0 Å². The van der Waals surface area contributed by atoms with E-state index in [4.69, 9.17) is 5.26 Å². The predicted octanol–water partition coefficient (Wildman–Crippen LogP) is 5.51. The van der Waals surface area contributed by atoms with Gasteiger partial charge in [0.05, 0.1) is 23.9 Å². The maximum absolute atomic E-state index is 13.2. The fourth-order valence-corrected chi connectivity index (χ4v) is 4.80. The molecule has 1 amide bonds. The minimum Gasteiger partial charge on any atom is -0.311 e.